The molecule has 2 aromatic carbocycles. The summed E-state index contributed by atoms with van der Waals surface area (Å²) in [5.74, 6) is 0.869. The SMILES string of the molecule is O=[N+]([O-])c1cc(S(=O)(=O)N2CCOCC2)ccc1NCCCSc1ccccc1. The summed E-state index contributed by atoms with van der Waals surface area (Å²) < 4.78 is 31.9. The number of nitrogens with zero attached hydrogens (tertiary/aromatic N) is 2. The van der Waals surface area contributed by atoms with Gasteiger partial charge in [0, 0.05) is 30.6 Å². The second-order valence-corrected chi connectivity index (χ2v) is 9.50. The van der Waals surface area contributed by atoms with Gasteiger partial charge >= 0.3 is 0 Å². The minimum absolute atomic E-state index is 0.0729. The average molecular weight is 438 g/mol. The topological polar surface area (TPSA) is 102 Å². The van der Waals surface area contributed by atoms with Crippen molar-refractivity contribution in [1.29, 1.82) is 0 Å². The van der Waals surface area contributed by atoms with Crippen LogP contribution in [0.3, 0.4) is 0 Å². The minimum atomic E-state index is -3.78. The van der Waals surface area contributed by atoms with E-state index < -0.39 is 14.9 Å². The highest BCUT2D eigenvalue weighted by atomic mass is 32.2. The van der Waals surface area contributed by atoms with Gasteiger partial charge in [-0.25, -0.2) is 8.42 Å². The lowest BCUT2D eigenvalue weighted by molar-refractivity contribution is -0.384. The molecule has 1 aliphatic rings. The molecule has 0 atom stereocenters. The van der Waals surface area contributed by atoms with Crippen molar-refractivity contribution in [3.63, 3.8) is 0 Å². The molecule has 0 bridgehead atoms. The first-order valence-electron chi connectivity index (χ1n) is 9.26. The predicted octanol–water partition coefficient (Wildman–Crippen LogP) is 3.21. The van der Waals surface area contributed by atoms with Gasteiger partial charge in [0.25, 0.3) is 5.69 Å². The molecule has 0 saturated carbocycles. The Morgan fingerprint density at radius 1 is 1.14 bits per heavy atom. The molecule has 8 nitrogen and oxygen atoms in total. The molecule has 10 heteroatoms. The van der Waals surface area contributed by atoms with Gasteiger partial charge in [0.1, 0.15) is 5.69 Å². The number of hydrogen-bond acceptors (Lipinski definition) is 7. The molecule has 0 aromatic heterocycles. The molecule has 29 heavy (non-hydrogen) atoms. The molecular weight excluding hydrogens is 414 g/mol. The zero-order valence-electron chi connectivity index (χ0n) is 15.8. The minimum Gasteiger partial charge on any atom is -0.379 e. The molecule has 2 aromatic rings. The summed E-state index contributed by atoms with van der Waals surface area (Å²) in [5.41, 5.74) is 0.0793. The maximum absolute atomic E-state index is 12.7. The van der Waals surface area contributed by atoms with Gasteiger partial charge in [0.2, 0.25) is 10.0 Å². The molecule has 1 heterocycles. The lowest BCUT2D eigenvalue weighted by atomic mass is 10.2. The van der Waals surface area contributed by atoms with Gasteiger partial charge in [-0.15, -0.1) is 11.8 Å². The molecule has 1 saturated heterocycles. The summed E-state index contributed by atoms with van der Waals surface area (Å²) in [7, 11) is -3.78. The van der Waals surface area contributed by atoms with E-state index in [1.54, 1.807) is 11.8 Å². The number of sulfonamides is 1. The number of nitro groups is 1. The highest BCUT2D eigenvalue weighted by molar-refractivity contribution is 7.99. The monoisotopic (exact) mass is 437 g/mol. The first-order chi connectivity index (χ1) is 14.0. The van der Waals surface area contributed by atoms with E-state index in [0.717, 1.165) is 18.2 Å². The van der Waals surface area contributed by atoms with Crippen molar-refractivity contribution in [2.45, 2.75) is 16.2 Å². The van der Waals surface area contributed by atoms with Crippen LogP contribution in [-0.2, 0) is 14.8 Å². The highest BCUT2D eigenvalue weighted by Gasteiger charge is 2.28. The van der Waals surface area contributed by atoms with Gasteiger partial charge in [-0.2, -0.15) is 4.31 Å². The summed E-state index contributed by atoms with van der Waals surface area (Å²) in [6, 6.07) is 14.0. The van der Waals surface area contributed by atoms with Crippen LogP contribution < -0.4 is 5.32 Å². The van der Waals surface area contributed by atoms with Crippen LogP contribution >= 0.6 is 11.8 Å². The van der Waals surface area contributed by atoms with Crippen molar-refractivity contribution in [2.75, 3.05) is 43.9 Å². The average Bonchev–Trinajstić information content (AvgIpc) is 2.74. The molecule has 0 radical (unpaired) electrons. The second kappa shape index (κ2) is 10.1. The van der Waals surface area contributed by atoms with Crippen LogP contribution in [0.2, 0.25) is 0 Å². The summed E-state index contributed by atoms with van der Waals surface area (Å²) in [6.07, 6.45) is 0.810. The van der Waals surface area contributed by atoms with Gasteiger partial charge in [-0.3, -0.25) is 10.1 Å². The van der Waals surface area contributed by atoms with Crippen LogP contribution in [0.25, 0.3) is 0 Å². The number of benzene rings is 2. The number of morpholine rings is 1. The normalized spacial score (nSPS) is 15.2. The standard InChI is InChI=1S/C19H23N3O5S2/c23-22(24)19-15-17(29(25,26)21-10-12-27-13-11-21)7-8-18(19)20-9-4-14-28-16-5-2-1-3-6-16/h1-3,5-8,15,20H,4,9-14H2. The van der Waals surface area contributed by atoms with Crippen LogP contribution in [0.15, 0.2) is 58.3 Å². The van der Waals surface area contributed by atoms with Gasteiger partial charge in [0.05, 0.1) is 23.0 Å². The Balaban J connectivity index is 1.62. The molecule has 0 aliphatic carbocycles. The number of rotatable bonds is 9. The van der Waals surface area contributed by atoms with E-state index >= 15 is 0 Å². The Morgan fingerprint density at radius 3 is 2.55 bits per heavy atom. The van der Waals surface area contributed by atoms with Gasteiger partial charge < -0.3 is 10.1 Å². The molecule has 3 rings (SSSR count). The third kappa shape index (κ3) is 5.69. The second-order valence-electron chi connectivity index (χ2n) is 6.39. The maximum atomic E-state index is 12.7. The Morgan fingerprint density at radius 2 is 1.86 bits per heavy atom. The molecular formula is C19H23N3O5S2. The van der Waals surface area contributed by atoms with E-state index in [-0.39, 0.29) is 23.7 Å². The van der Waals surface area contributed by atoms with Gasteiger partial charge in [0.15, 0.2) is 0 Å². The quantitative estimate of drug-likeness (QED) is 0.278. The zero-order chi connectivity index (χ0) is 20.7. The fraction of sp³-hybridized carbons (Fsp3) is 0.368. The Kier molecular flexibility index (Phi) is 7.48. The molecule has 1 N–H and O–H groups in total. The lowest BCUT2D eigenvalue weighted by Gasteiger charge is -2.26. The number of ether oxygens (including phenoxy) is 1. The van der Waals surface area contributed by atoms with Crippen LogP contribution in [-0.4, -0.2) is 56.2 Å². The highest BCUT2D eigenvalue weighted by Crippen LogP contribution is 2.29. The Labute approximate surface area is 174 Å². The number of anilines is 1. The lowest BCUT2D eigenvalue weighted by Crippen LogP contribution is -2.40. The van der Waals surface area contributed by atoms with E-state index in [1.807, 2.05) is 30.3 Å². The van der Waals surface area contributed by atoms with Gasteiger partial charge in [-0.05, 0) is 36.4 Å². The summed E-state index contributed by atoms with van der Waals surface area (Å²) >= 11 is 1.72. The van der Waals surface area contributed by atoms with Crippen LogP contribution in [0.5, 0.6) is 0 Å². The summed E-state index contributed by atoms with van der Waals surface area (Å²) in [4.78, 5) is 12.0. The van der Waals surface area contributed by atoms with E-state index in [0.29, 0.717) is 25.4 Å². The van der Waals surface area contributed by atoms with Crippen LogP contribution in [0.4, 0.5) is 11.4 Å². The summed E-state index contributed by atoms with van der Waals surface area (Å²) in [6.45, 7) is 1.69. The Bertz CT molecular complexity index is 932. The maximum Gasteiger partial charge on any atom is 0.293 e. The number of nitrogens with one attached hydrogen (secondary N) is 1. The fourth-order valence-corrected chi connectivity index (χ4v) is 5.21. The van der Waals surface area contributed by atoms with Crippen LogP contribution in [0, 0.1) is 10.1 Å². The van der Waals surface area contributed by atoms with Crippen molar-refractivity contribution >= 4 is 33.2 Å². The fourth-order valence-electron chi connectivity index (χ4n) is 2.91. The van der Waals surface area contributed by atoms with Crippen molar-refractivity contribution in [1.82, 2.24) is 4.31 Å². The third-order valence-electron chi connectivity index (χ3n) is 4.42. The van der Waals surface area contributed by atoms with Gasteiger partial charge in [-0.1, -0.05) is 18.2 Å². The largest absolute Gasteiger partial charge is 0.379 e. The van der Waals surface area contributed by atoms with Crippen LogP contribution in [0.1, 0.15) is 6.42 Å². The number of hydrogen-bond donors (Lipinski definition) is 1. The molecule has 0 unspecified atom stereocenters. The third-order valence-corrected chi connectivity index (χ3v) is 7.42. The Hall–Kier alpha value is -2.14. The number of thioether (sulfide) groups is 1. The van der Waals surface area contributed by atoms with E-state index in [2.05, 4.69) is 5.32 Å². The first kappa shape index (κ1) is 21.6. The first-order valence-corrected chi connectivity index (χ1v) is 11.7. The van der Waals surface area contributed by atoms with Crippen molar-refractivity contribution in [3.05, 3.63) is 58.6 Å². The van der Waals surface area contributed by atoms with E-state index in [9.17, 15) is 18.5 Å². The predicted molar refractivity (Wildman–Crippen MR) is 113 cm³/mol. The molecule has 1 fully saturated rings. The van der Waals surface area contributed by atoms with E-state index in [1.165, 1.54) is 21.3 Å². The van der Waals surface area contributed by atoms with Crippen molar-refractivity contribution in [2.24, 2.45) is 0 Å². The van der Waals surface area contributed by atoms with E-state index in [4.69, 9.17) is 4.74 Å². The smallest absolute Gasteiger partial charge is 0.293 e. The molecule has 156 valence electrons. The number of nitro benzene ring substituents is 1. The van der Waals surface area contributed by atoms with Crippen molar-refractivity contribution in [3.8, 4) is 0 Å². The van der Waals surface area contributed by atoms with Crippen molar-refractivity contribution < 1.29 is 18.1 Å². The molecule has 0 amide bonds. The molecule has 1 aliphatic heterocycles. The zero-order valence-corrected chi connectivity index (χ0v) is 17.5. The molecule has 0 spiro atoms. The summed E-state index contributed by atoms with van der Waals surface area (Å²) in [5, 5.41) is 14.5.